The third-order valence-electron chi connectivity index (χ3n) is 4.21. The lowest BCUT2D eigenvalue weighted by Gasteiger charge is -2.22. The number of hydrogen-bond acceptors (Lipinski definition) is 2. The third kappa shape index (κ3) is 6.02. The highest BCUT2D eigenvalue weighted by atomic mass is 16.3. The summed E-state index contributed by atoms with van der Waals surface area (Å²) in [6.45, 7) is 5.95. The average molecular weight is 314 g/mol. The summed E-state index contributed by atoms with van der Waals surface area (Å²) >= 11 is 0. The molecule has 0 bridgehead atoms. The number of unbranched alkanes of at least 4 members (excludes halogenated alkanes) is 2. The Morgan fingerprint density at radius 2 is 1.83 bits per heavy atom. The zero-order valence-corrected chi connectivity index (χ0v) is 14.7. The molecule has 1 atom stereocenters. The van der Waals surface area contributed by atoms with Crippen molar-refractivity contribution in [2.75, 3.05) is 0 Å². The summed E-state index contributed by atoms with van der Waals surface area (Å²) in [6.07, 6.45) is 14.5. The molecular weight excluding hydrogens is 284 g/mol. The second-order valence-corrected chi connectivity index (χ2v) is 6.31. The van der Waals surface area contributed by atoms with Crippen molar-refractivity contribution in [1.82, 2.24) is 0 Å². The fourth-order valence-electron chi connectivity index (χ4n) is 3.12. The van der Waals surface area contributed by atoms with Crippen LogP contribution in [0.4, 0.5) is 0 Å². The van der Waals surface area contributed by atoms with Crippen LogP contribution < -0.4 is 0 Å². The van der Waals surface area contributed by atoms with Crippen LogP contribution >= 0.6 is 0 Å². The first-order valence-corrected chi connectivity index (χ1v) is 8.62. The van der Waals surface area contributed by atoms with E-state index in [9.17, 15) is 10.2 Å². The fraction of sp³-hybridized carbons (Fsp3) is 0.524. The van der Waals surface area contributed by atoms with E-state index in [1.54, 1.807) is 6.92 Å². The van der Waals surface area contributed by atoms with Gasteiger partial charge in [-0.25, -0.2) is 0 Å². The molecule has 2 rings (SSSR count). The normalized spacial score (nSPS) is 16.8. The van der Waals surface area contributed by atoms with Gasteiger partial charge in [-0.1, -0.05) is 31.4 Å². The molecule has 2 N–H and O–H groups in total. The van der Waals surface area contributed by atoms with Gasteiger partial charge in [-0.2, -0.15) is 0 Å². The van der Waals surface area contributed by atoms with Crippen molar-refractivity contribution in [2.45, 2.75) is 71.6 Å². The molecule has 23 heavy (non-hydrogen) atoms. The van der Waals surface area contributed by atoms with E-state index in [0.717, 1.165) is 37.7 Å². The highest BCUT2D eigenvalue weighted by Crippen LogP contribution is 2.41. The summed E-state index contributed by atoms with van der Waals surface area (Å²) in [7, 11) is 0. The van der Waals surface area contributed by atoms with Gasteiger partial charge in [-0.15, -0.1) is 12.3 Å². The molecule has 1 aliphatic carbocycles. The number of phenolic OH excluding ortho intramolecular Hbond substituents is 2. The molecule has 1 aromatic rings. The van der Waals surface area contributed by atoms with Crippen LogP contribution in [0.25, 0.3) is 0 Å². The summed E-state index contributed by atoms with van der Waals surface area (Å²) in [6, 6.07) is 3.67. The molecule has 0 saturated carbocycles. The molecule has 0 spiro atoms. The Kier molecular flexibility index (Phi) is 8.33. The van der Waals surface area contributed by atoms with Gasteiger partial charge in [0, 0.05) is 11.5 Å². The average Bonchev–Trinajstić information content (AvgIpc) is 2.48. The van der Waals surface area contributed by atoms with E-state index in [2.05, 4.69) is 32.3 Å². The monoisotopic (exact) mass is 314 g/mol. The van der Waals surface area contributed by atoms with E-state index in [1.165, 1.54) is 18.4 Å². The molecule has 0 heterocycles. The minimum absolute atomic E-state index is 0.161. The molecule has 2 heteroatoms. The number of aryl methyl sites for hydroxylation is 1. The number of benzene rings is 1. The van der Waals surface area contributed by atoms with E-state index in [1.807, 2.05) is 12.1 Å². The first-order chi connectivity index (χ1) is 11.0. The first kappa shape index (κ1) is 19.2. The SMILES string of the molecule is C#CC.CCCCCc1cc(O)c(C2C=C(C)CCC2)c(O)c1. The van der Waals surface area contributed by atoms with Gasteiger partial charge in [0.2, 0.25) is 0 Å². The van der Waals surface area contributed by atoms with Crippen LogP contribution in [0, 0.1) is 12.3 Å². The summed E-state index contributed by atoms with van der Waals surface area (Å²) in [4.78, 5) is 0. The van der Waals surface area contributed by atoms with E-state index in [0.29, 0.717) is 5.56 Å². The molecule has 1 unspecified atom stereocenters. The lowest BCUT2D eigenvalue weighted by atomic mass is 9.84. The van der Waals surface area contributed by atoms with Crippen LogP contribution in [0.2, 0.25) is 0 Å². The molecule has 1 aliphatic rings. The maximum absolute atomic E-state index is 10.3. The highest BCUT2D eigenvalue weighted by Gasteiger charge is 2.21. The summed E-state index contributed by atoms with van der Waals surface area (Å²) in [5.41, 5.74) is 3.10. The zero-order chi connectivity index (χ0) is 17.2. The minimum Gasteiger partial charge on any atom is -0.507 e. The molecule has 1 aromatic carbocycles. The highest BCUT2D eigenvalue weighted by molar-refractivity contribution is 5.50. The maximum atomic E-state index is 10.3. The molecule has 2 nitrogen and oxygen atoms in total. The summed E-state index contributed by atoms with van der Waals surface area (Å²) in [5.74, 6) is 2.92. The second-order valence-electron chi connectivity index (χ2n) is 6.31. The zero-order valence-electron chi connectivity index (χ0n) is 14.7. The van der Waals surface area contributed by atoms with Crippen molar-refractivity contribution in [2.24, 2.45) is 0 Å². The smallest absolute Gasteiger partial charge is 0.123 e. The van der Waals surface area contributed by atoms with Crippen molar-refractivity contribution in [3.05, 3.63) is 34.9 Å². The maximum Gasteiger partial charge on any atom is 0.123 e. The molecule has 0 radical (unpaired) electrons. The Morgan fingerprint density at radius 3 is 2.35 bits per heavy atom. The third-order valence-corrected chi connectivity index (χ3v) is 4.21. The first-order valence-electron chi connectivity index (χ1n) is 8.62. The van der Waals surface area contributed by atoms with Gasteiger partial charge < -0.3 is 10.2 Å². The van der Waals surface area contributed by atoms with Crippen molar-refractivity contribution >= 4 is 0 Å². The molecule has 0 amide bonds. The second kappa shape index (κ2) is 10.0. The number of rotatable bonds is 5. The van der Waals surface area contributed by atoms with Gasteiger partial charge in [-0.3, -0.25) is 0 Å². The van der Waals surface area contributed by atoms with E-state index < -0.39 is 0 Å². The van der Waals surface area contributed by atoms with Gasteiger partial charge in [0.05, 0.1) is 0 Å². The number of allylic oxidation sites excluding steroid dienone is 2. The molecule has 126 valence electrons. The van der Waals surface area contributed by atoms with Crippen LogP contribution in [-0.4, -0.2) is 10.2 Å². The minimum atomic E-state index is 0.161. The standard InChI is InChI=1S/C18H26O2.C3H4/c1-3-4-5-8-14-11-16(19)18(17(20)12-14)15-9-6-7-13(2)10-15;1-3-2/h10-12,15,19-20H,3-9H2,1-2H3;1H,2H3. The van der Waals surface area contributed by atoms with Gasteiger partial charge in [0.1, 0.15) is 11.5 Å². The summed E-state index contributed by atoms with van der Waals surface area (Å²) in [5, 5.41) is 20.6. The van der Waals surface area contributed by atoms with Crippen LogP contribution in [0.5, 0.6) is 11.5 Å². The van der Waals surface area contributed by atoms with Crippen LogP contribution in [-0.2, 0) is 6.42 Å². The fourth-order valence-corrected chi connectivity index (χ4v) is 3.12. The molecule has 0 aromatic heterocycles. The van der Waals surface area contributed by atoms with Crippen molar-refractivity contribution in [1.29, 1.82) is 0 Å². The van der Waals surface area contributed by atoms with Gasteiger partial charge in [0.25, 0.3) is 0 Å². The largest absolute Gasteiger partial charge is 0.507 e. The lowest BCUT2D eigenvalue weighted by Crippen LogP contribution is -2.03. The Morgan fingerprint density at radius 1 is 1.22 bits per heavy atom. The van der Waals surface area contributed by atoms with E-state index >= 15 is 0 Å². The lowest BCUT2D eigenvalue weighted by molar-refractivity contribution is 0.427. The number of hydrogen-bond donors (Lipinski definition) is 2. The predicted octanol–water partition coefficient (Wildman–Crippen LogP) is 5.68. The van der Waals surface area contributed by atoms with Crippen molar-refractivity contribution in [3.63, 3.8) is 0 Å². The Balaban J connectivity index is 0.000000816. The van der Waals surface area contributed by atoms with Crippen LogP contribution in [0.1, 0.15) is 76.3 Å². The van der Waals surface area contributed by atoms with Gasteiger partial charge in [0.15, 0.2) is 0 Å². The number of aromatic hydroxyl groups is 2. The Hall–Kier alpha value is -1.88. The van der Waals surface area contributed by atoms with Gasteiger partial charge >= 0.3 is 0 Å². The van der Waals surface area contributed by atoms with E-state index in [-0.39, 0.29) is 17.4 Å². The number of terminal acetylenes is 1. The number of phenols is 2. The van der Waals surface area contributed by atoms with Crippen LogP contribution in [0.3, 0.4) is 0 Å². The van der Waals surface area contributed by atoms with Crippen LogP contribution in [0.15, 0.2) is 23.8 Å². The quantitative estimate of drug-likeness (QED) is 0.417. The Labute approximate surface area is 141 Å². The molecule has 0 fully saturated rings. The Bertz CT molecular complexity index is 541. The molecule has 0 aliphatic heterocycles. The van der Waals surface area contributed by atoms with E-state index in [4.69, 9.17) is 0 Å². The topological polar surface area (TPSA) is 40.5 Å². The summed E-state index contributed by atoms with van der Waals surface area (Å²) < 4.78 is 0. The molecule has 0 saturated heterocycles. The van der Waals surface area contributed by atoms with Crippen molar-refractivity contribution in [3.8, 4) is 23.8 Å². The predicted molar refractivity (Wildman–Crippen MR) is 97.9 cm³/mol. The molecular formula is C21H30O2. The van der Waals surface area contributed by atoms with Crippen molar-refractivity contribution < 1.29 is 10.2 Å². The van der Waals surface area contributed by atoms with Gasteiger partial charge in [-0.05, 0) is 63.6 Å².